The molecule has 6 heterocycles. The Morgan fingerprint density at radius 2 is 1.46 bits per heavy atom. The van der Waals surface area contributed by atoms with E-state index in [0.29, 0.717) is 77.2 Å². The number of hydrogen-bond donors (Lipinski definition) is 3. The summed E-state index contributed by atoms with van der Waals surface area (Å²) >= 11 is 1.35. The molecule has 0 radical (unpaired) electrons. The van der Waals surface area contributed by atoms with E-state index in [1.807, 2.05) is 60.7 Å². The molecule has 2 aromatic carbocycles. The molecule has 1 unspecified atom stereocenters. The number of alkyl carbamates (subject to hydrolysis) is 2. The minimum Gasteiger partial charge on any atom is -0.451 e. The van der Waals surface area contributed by atoms with E-state index >= 15 is 4.79 Å². The van der Waals surface area contributed by atoms with Gasteiger partial charge in [-0.1, -0.05) is 159 Å². The Bertz CT molecular complexity index is 3070. The molecule has 0 aromatic heterocycles. The minimum absolute atomic E-state index is 0.00563. The van der Waals surface area contributed by atoms with Gasteiger partial charge in [0.05, 0.1) is 31.0 Å². The van der Waals surface area contributed by atoms with Crippen LogP contribution in [0.5, 0.6) is 0 Å². The van der Waals surface area contributed by atoms with E-state index in [4.69, 9.17) is 53.3 Å². The molecule has 17 nitrogen and oxygen atoms in total. The van der Waals surface area contributed by atoms with Crippen LogP contribution in [0.25, 0.3) is 0 Å². The summed E-state index contributed by atoms with van der Waals surface area (Å²) in [5.41, 5.74) is 0.782. The zero-order valence-electron chi connectivity index (χ0n) is 62.6. The van der Waals surface area contributed by atoms with Gasteiger partial charge in [-0.05, 0) is 157 Å². The van der Waals surface area contributed by atoms with Gasteiger partial charge in [0.15, 0.2) is 40.1 Å². The first-order valence-corrected chi connectivity index (χ1v) is 43.9. The standard InChI is InChI=1S/C79H122N2O15SSi2/c1-18-44-87-71(85)80-50-56(8)54(6)47-76-41-37-59(64(51-82)97-52-63(81-72(86)93-73(9,10)11)70(84)88-67(57-31-24-22-25-32-57)58-33-26-23-27-34-58)46-62(76)68-69-66(94-98(16,17)74(12,13)14)55(7)48-78(91-68,92-69)49-61-35-29-39-77(89-61)42-43-79(95-77)75(15,96-99(19-2,20-3)21-4)40-38-60(90-79)45-53(5)30-28-36-65(76)83/h18,22-27,31-34,46,54-56,60-64,66-69,82H,1,5,19-21,28-30,35-45,47-52H2,2-4,6-17H3,(H,80,85)(H,81,86)/t54-,55+,56-,60-,61+,62?,63-,64-,66+,68-,69+,75+,76+,77+,78+,79+/m0/s1. The number of rotatable bonds is 24. The summed E-state index contributed by atoms with van der Waals surface area (Å²) < 4.78 is 71.2. The van der Waals surface area contributed by atoms with Gasteiger partial charge in [-0.3, -0.25) is 4.79 Å². The van der Waals surface area contributed by atoms with Crippen LogP contribution in [0.2, 0.25) is 36.3 Å². The lowest BCUT2D eigenvalue weighted by molar-refractivity contribution is -0.400. The quantitative estimate of drug-likeness (QED) is 0.0387. The molecule has 6 aliphatic heterocycles. The Kier molecular flexibility index (Phi) is 25.9. The van der Waals surface area contributed by atoms with Gasteiger partial charge in [0.25, 0.3) is 0 Å². The minimum atomic E-state index is -2.54. The average molecular weight is 1430 g/mol. The number of carbonyl (C=O) groups excluding carboxylic acids is 4. The van der Waals surface area contributed by atoms with E-state index in [-0.39, 0.29) is 66.2 Å². The average Bonchev–Trinajstić information content (AvgIpc) is 1.61. The number of amides is 2. The molecule has 3 N–H and O–H groups in total. The second-order valence-corrected chi connectivity index (χ2v) is 43.7. The molecule has 20 heteroatoms. The van der Waals surface area contributed by atoms with Crippen LogP contribution >= 0.6 is 11.8 Å². The lowest BCUT2D eigenvalue weighted by atomic mass is 9.57. The third kappa shape index (κ3) is 18.3. The number of esters is 1. The van der Waals surface area contributed by atoms with Crippen molar-refractivity contribution in [1.82, 2.24) is 10.6 Å². The fourth-order valence-electron chi connectivity index (χ4n) is 16.7. The predicted molar refractivity (Wildman–Crippen MR) is 394 cm³/mol. The van der Waals surface area contributed by atoms with Gasteiger partial charge < -0.3 is 62.5 Å². The van der Waals surface area contributed by atoms with Gasteiger partial charge in [0, 0.05) is 67.4 Å². The van der Waals surface area contributed by atoms with Crippen molar-refractivity contribution in [2.45, 2.75) is 305 Å². The highest BCUT2D eigenvalue weighted by atomic mass is 32.2. The lowest BCUT2D eigenvalue weighted by Gasteiger charge is -2.55. The summed E-state index contributed by atoms with van der Waals surface area (Å²) in [4.78, 5) is 58.4. The smallest absolute Gasteiger partial charge is 0.408 e. The summed E-state index contributed by atoms with van der Waals surface area (Å²) in [7, 11) is -4.73. The first-order valence-electron chi connectivity index (χ1n) is 37.5. The van der Waals surface area contributed by atoms with Crippen LogP contribution in [0.15, 0.2) is 97.1 Å². The van der Waals surface area contributed by atoms with Gasteiger partial charge >= 0.3 is 18.2 Å². The number of thioether (sulfide) groups is 1. The molecular weight excluding hydrogens is 1310 g/mol. The number of hydrogen-bond acceptors (Lipinski definition) is 16. The SMILES string of the molecule is C=CCOC(=O)NC[C@H](C)[C@@H](C)C[C@]12CCC([C@H](CO)SC[C@H](NC(=O)OC(C)(C)C)C(=O)OC(c3ccccc3)c3ccccc3)=CC1[C@@H]1O[C@]3(C[C@H]4CCC[C@@]5(CC[C@@]6(O[C@@H](CC[C@@]6(C)O[Si](CC)(CC)CC)CC(=C)CCCC2=O)O5)O4)C[C@@H](C)[C@@H](O[Si](C)(C)C(C)(C)C)[C@H]1O3. The molecule has 9 rings (SSSR count). The number of aliphatic hydroxyl groups excluding tert-OH is 1. The molecule has 16 atom stereocenters. The molecule has 3 spiro atoms. The number of ketones is 1. The zero-order valence-corrected chi connectivity index (χ0v) is 65.4. The maximum atomic E-state index is 16.6. The molecule has 6 fully saturated rings. The normalized spacial score (nSPS) is 32.0. The summed E-state index contributed by atoms with van der Waals surface area (Å²) in [6.07, 6.45) is 8.86. The summed E-state index contributed by atoms with van der Waals surface area (Å²) in [6.45, 7) is 40.7. The lowest BCUT2D eigenvalue weighted by Crippen LogP contribution is -2.65. The van der Waals surface area contributed by atoms with Gasteiger partial charge in [-0.15, -0.1) is 11.8 Å². The maximum Gasteiger partial charge on any atom is 0.408 e. The van der Waals surface area contributed by atoms with E-state index in [2.05, 4.69) is 106 Å². The van der Waals surface area contributed by atoms with Gasteiger partial charge in [-0.2, -0.15) is 0 Å². The molecule has 7 aliphatic rings. The van der Waals surface area contributed by atoms with Crippen LogP contribution < -0.4 is 10.6 Å². The number of nitrogens with one attached hydrogen (secondary N) is 2. The Hall–Kier alpha value is -4.20. The highest BCUT2D eigenvalue weighted by Gasteiger charge is 2.68. The topological polar surface area (TPSA) is 205 Å². The summed E-state index contributed by atoms with van der Waals surface area (Å²) in [5.74, 6) is -4.57. The van der Waals surface area contributed by atoms with E-state index in [9.17, 15) is 19.5 Å². The Balaban J connectivity index is 1.15. The van der Waals surface area contributed by atoms with Crippen LogP contribution in [0.1, 0.15) is 210 Å². The van der Waals surface area contributed by atoms with Crippen molar-refractivity contribution in [2.24, 2.45) is 29.1 Å². The molecule has 1 aliphatic carbocycles. The third-order valence-corrected chi connectivity index (χ3v) is 34.3. The third-order valence-electron chi connectivity index (χ3n) is 23.7. The van der Waals surface area contributed by atoms with Gasteiger partial charge in [0.1, 0.15) is 35.7 Å². The highest BCUT2D eigenvalue weighted by molar-refractivity contribution is 8.00. The molecule has 0 saturated carbocycles. The predicted octanol–water partition coefficient (Wildman–Crippen LogP) is 16.9. The Labute approximate surface area is 599 Å². The number of benzene rings is 2. The van der Waals surface area contributed by atoms with Crippen molar-refractivity contribution in [3.05, 3.63) is 108 Å². The fraction of sp³-hybridized carbons (Fsp3) is 0.722. The van der Waals surface area contributed by atoms with Crippen LogP contribution in [0.3, 0.4) is 0 Å². The van der Waals surface area contributed by atoms with Crippen LogP contribution in [-0.2, 0) is 56.3 Å². The van der Waals surface area contributed by atoms with Crippen molar-refractivity contribution in [3.8, 4) is 0 Å². The molecule has 552 valence electrons. The molecule has 2 amide bonds. The van der Waals surface area contributed by atoms with Crippen molar-refractivity contribution in [2.75, 3.05) is 25.5 Å². The van der Waals surface area contributed by atoms with Crippen LogP contribution in [0.4, 0.5) is 9.59 Å². The number of carbonyl (C=O) groups is 4. The molecule has 6 saturated heterocycles. The zero-order chi connectivity index (χ0) is 72.0. The van der Waals surface area contributed by atoms with E-state index in [1.165, 1.54) is 17.8 Å². The molecule has 2 aromatic rings. The number of Topliss-reactive ketones (excluding diaryl/α,β-unsaturated/α-hetero) is 1. The van der Waals surface area contributed by atoms with Crippen molar-refractivity contribution >= 4 is 52.3 Å². The van der Waals surface area contributed by atoms with Crippen LogP contribution in [-0.4, -0.2) is 142 Å². The second kappa shape index (κ2) is 32.4. The van der Waals surface area contributed by atoms with Gasteiger partial charge in [-0.25, -0.2) is 14.4 Å². The van der Waals surface area contributed by atoms with Crippen molar-refractivity contribution in [1.29, 1.82) is 0 Å². The van der Waals surface area contributed by atoms with E-state index < -0.39 is 110 Å². The number of aliphatic hydroxyl groups is 1. The molecular formula is C79H122N2O15SSi2. The van der Waals surface area contributed by atoms with E-state index in [1.54, 1.807) is 20.8 Å². The Morgan fingerprint density at radius 1 is 0.798 bits per heavy atom. The highest BCUT2D eigenvalue weighted by Crippen LogP contribution is 2.61. The first kappa shape index (κ1) is 78.9. The van der Waals surface area contributed by atoms with Crippen molar-refractivity contribution in [3.63, 3.8) is 0 Å². The van der Waals surface area contributed by atoms with Crippen LogP contribution in [0, 0.1) is 29.1 Å². The second-order valence-electron chi connectivity index (χ2n) is 33.0. The largest absolute Gasteiger partial charge is 0.451 e. The fourth-order valence-corrected chi connectivity index (χ4v) is 22.4. The number of fused-ring (bicyclic) bond motifs is 7. The maximum absolute atomic E-state index is 16.6. The first-order chi connectivity index (χ1) is 46.7. The van der Waals surface area contributed by atoms with E-state index in [0.717, 1.165) is 66.1 Å². The monoisotopic (exact) mass is 1430 g/mol. The Morgan fingerprint density at radius 3 is 2.09 bits per heavy atom. The van der Waals surface area contributed by atoms with Crippen molar-refractivity contribution < 1.29 is 71.0 Å². The summed E-state index contributed by atoms with van der Waals surface area (Å²) in [6, 6.07) is 20.8. The van der Waals surface area contributed by atoms with Gasteiger partial charge in [0.2, 0.25) is 0 Å². The number of ether oxygens (including phenoxy) is 8. The molecule has 99 heavy (non-hydrogen) atoms. The molecule has 7 bridgehead atoms. The summed E-state index contributed by atoms with van der Waals surface area (Å²) in [5, 5.41) is 17.0.